The molecule has 0 saturated heterocycles. The van der Waals surface area contributed by atoms with Gasteiger partial charge in [0, 0.05) is 23.9 Å². The number of phenols is 2. The minimum atomic E-state index is -0.437. The van der Waals surface area contributed by atoms with Crippen molar-refractivity contribution in [2.75, 3.05) is 5.32 Å². The van der Waals surface area contributed by atoms with Gasteiger partial charge < -0.3 is 20.8 Å². The van der Waals surface area contributed by atoms with Crippen LogP contribution in [0.2, 0.25) is 0 Å². The fourth-order valence-electron chi connectivity index (χ4n) is 1.99. The van der Waals surface area contributed by atoms with Crippen LogP contribution in [-0.4, -0.2) is 22.0 Å². The molecule has 0 atom stereocenters. The van der Waals surface area contributed by atoms with Crippen molar-refractivity contribution in [3.8, 4) is 17.6 Å². The van der Waals surface area contributed by atoms with Gasteiger partial charge in [0.25, 0.3) is 5.91 Å². The minimum Gasteiger partial charge on any atom is -0.508 e. The highest BCUT2D eigenvalue weighted by Crippen LogP contribution is 2.20. The molecule has 4 N–H and O–H groups in total. The van der Waals surface area contributed by atoms with E-state index in [9.17, 15) is 19.8 Å². The number of rotatable bonds is 5. The lowest BCUT2D eigenvalue weighted by atomic mass is 10.1. The zero-order chi connectivity index (χ0) is 17.5. The molecule has 0 aliphatic carbocycles. The Balaban J connectivity index is 1.93. The lowest BCUT2D eigenvalue weighted by molar-refractivity contribution is -0.115. The van der Waals surface area contributed by atoms with Gasteiger partial charge in [-0.15, -0.1) is 0 Å². The topological polar surface area (TPSA) is 122 Å². The quantitative estimate of drug-likeness (QED) is 0.668. The van der Waals surface area contributed by atoms with E-state index in [1.54, 1.807) is 30.3 Å². The molecule has 0 saturated carbocycles. The van der Waals surface area contributed by atoms with Gasteiger partial charge in [0.1, 0.15) is 17.9 Å². The zero-order valence-electron chi connectivity index (χ0n) is 12.6. The van der Waals surface area contributed by atoms with Gasteiger partial charge in [0.15, 0.2) is 0 Å². The highest BCUT2D eigenvalue weighted by atomic mass is 16.3. The molecule has 0 radical (unpaired) electrons. The number of nitrogens with zero attached hydrogens (tertiary/aromatic N) is 1. The van der Waals surface area contributed by atoms with Crippen LogP contribution >= 0.6 is 0 Å². The molecule has 0 aromatic heterocycles. The number of benzene rings is 2. The van der Waals surface area contributed by atoms with Gasteiger partial charge >= 0.3 is 0 Å². The molecule has 2 aromatic carbocycles. The van der Waals surface area contributed by atoms with Crippen LogP contribution in [0.1, 0.15) is 22.3 Å². The van der Waals surface area contributed by atoms with E-state index in [2.05, 4.69) is 10.6 Å². The summed E-state index contributed by atoms with van der Waals surface area (Å²) in [5.74, 6) is -1.22. The van der Waals surface area contributed by atoms with E-state index in [-0.39, 0.29) is 35.9 Å². The summed E-state index contributed by atoms with van der Waals surface area (Å²) in [6.45, 7) is 0.238. The summed E-state index contributed by atoms with van der Waals surface area (Å²) in [6, 6.07) is 12.2. The fourth-order valence-corrected chi connectivity index (χ4v) is 1.99. The Bertz CT molecular complexity index is 774. The van der Waals surface area contributed by atoms with Gasteiger partial charge in [0.2, 0.25) is 5.91 Å². The summed E-state index contributed by atoms with van der Waals surface area (Å²) < 4.78 is 0. The number of carbonyl (C=O) groups is 2. The van der Waals surface area contributed by atoms with Gasteiger partial charge in [-0.25, -0.2) is 0 Å². The Morgan fingerprint density at radius 1 is 1.04 bits per heavy atom. The molecular formula is C17H15N3O4. The average Bonchev–Trinajstić information content (AvgIpc) is 2.53. The molecule has 2 amide bonds. The summed E-state index contributed by atoms with van der Waals surface area (Å²) in [7, 11) is 0. The number of anilines is 1. The van der Waals surface area contributed by atoms with Crippen molar-refractivity contribution in [1.29, 1.82) is 5.26 Å². The Morgan fingerprint density at radius 3 is 2.25 bits per heavy atom. The van der Waals surface area contributed by atoms with Crippen molar-refractivity contribution >= 4 is 17.5 Å². The van der Waals surface area contributed by atoms with E-state index in [4.69, 9.17) is 5.26 Å². The van der Waals surface area contributed by atoms with Crippen LogP contribution in [0.3, 0.4) is 0 Å². The zero-order valence-corrected chi connectivity index (χ0v) is 12.6. The van der Waals surface area contributed by atoms with E-state index < -0.39 is 5.91 Å². The minimum absolute atomic E-state index is 0.146. The molecule has 0 fully saturated rings. The molecule has 0 aliphatic heterocycles. The van der Waals surface area contributed by atoms with Gasteiger partial charge in [-0.3, -0.25) is 9.59 Å². The molecule has 0 bridgehead atoms. The Morgan fingerprint density at radius 2 is 1.67 bits per heavy atom. The Kier molecular flexibility index (Phi) is 5.36. The fraction of sp³-hybridized carbons (Fsp3) is 0.118. The first-order valence-electron chi connectivity index (χ1n) is 7.05. The van der Waals surface area contributed by atoms with Crippen molar-refractivity contribution in [1.82, 2.24) is 5.32 Å². The second kappa shape index (κ2) is 7.65. The second-order valence-corrected chi connectivity index (χ2v) is 5.00. The molecule has 24 heavy (non-hydrogen) atoms. The monoisotopic (exact) mass is 325 g/mol. The van der Waals surface area contributed by atoms with Crippen LogP contribution in [0.5, 0.6) is 11.5 Å². The van der Waals surface area contributed by atoms with E-state index in [0.29, 0.717) is 5.69 Å². The maximum absolute atomic E-state index is 12.0. The number of nitriles is 1. The normalized spacial score (nSPS) is 9.79. The maximum Gasteiger partial charge on any atom is 0.251 e. The third kappa shape index (κ3) is 4.74. The number of hydrogen-bond acceptors (Lipinski definition) is 5. The van der Waals surface area contributed by atoms with Crippen LogP contribution in [0.4, 0.5) is 5.69 Å². The SMILES string of the molecule is N#CCC(=O)Nc1ccc(CNC(=O)c2cc(O)cc(O)c2)cc1. The summed E-state index contributed by atoms with van der Waals surface area (Å²) in [5.41, 5.74) is 1.50. The van der Waals surface area contributed by atoms with Gasteiger partial charge in [-0.05, 0) is 29.8 Å². The summed E-state index contributed by atoms with van der Waals surface area (Å²) in [4.78, 5) is 23.3. The number of amides is 2. The van der Waals surface area contributed by atoms with Crippen molar-refractivity contribution < 1.29 is 19.8 Å². The van der Waals surface area contributed by atoms with Gasteiger partial charge in [0.05, 0.1) is 6.07 Å². The predicted octanol–water partition coefficient (Wildman–Crippen LogP) is 1.88. The van der Waals surface area contributed by atoms with Crippen LogP contribution < -0.4 is 10.6 Å². The van der Waals surface area contributed by atoms with Crippen LogP contribution in [0.25, 0.3) is 0 Å². The molecular weight excluding hydrogens is 310 g/mol. The van der Waals surface area contributed by atoms with Crippen molar-refractivity contribution in [2.45, 2.75) is 13.0 Å². The Labute approximate surface area is 138 Å². The van der Waals surface area contributed by atoms with E-state index in [1.807, 2.05) is 0 Å². The third-order valence-corrected chi connectivity index (χ3v) is 3.10. The molecule has 7 heteroatoms. The molecule has 2 aromatic rings. The molecule has 122 valence electrons. The van der Waals surface area contributed by atoms with Crippen LogP contribution in [-0.2, 0) is 11.3 Å². The summed E-state index contributed by atoms with van der Waals surface area (Å²) >= 11 is 0. The van der Waals surface area contributed by atoms with Gasteiger partial charge in [-0.1, -0.05) is 12.1 Å². The number of aromatic hydroxyl groups is 2. The smallest absolute Gasteiger partial charge is 0.251 e. The molecule has 0 aliphatic rings. The van der Waals surface area contributed by atoms with Crippen molar-refractivity contribution in [3.05, 3.63) is 53.6 Å². The van der Waals surface area contributed by atoms with Gasteiger partial charge in [-0.2, -0.15) is 5.26 Å². The standard InChI is InChI=1S/C17H15N3O4/c18-6-5-16(23)20-13-3-1-11(2-4-13)10-19-17(24)12-7-14(21)9-15(22)8-12/h1-4,7-9,21-22H,5,10H2,(H,19,24)(H,20,23). The first-order chi connectivity index (χ1) is 11.5. The number of nitrogens with one attached hydrogen (secondary N) is 2. The largest absolute Gasteiger partial charge is 0.508 e. The summed E-state index contributed by atoms with van der Waals surface area (Å²) in [6.07, 6.45) is -0.214. The van der Waals surface area contributed by atoms with Crippen molar-refractivity contribution in [2.24, 2.45) is 0 Å². The maximum atomic E-state index is 12.0. The molecule has 0 spiro atoms. The lowest BCUT2D eigenvalue weighted by Gasteiger charge is -2.08. The molecule has 7 nitrogen and oxygen atoms in total. The first kappa shape index (κ1) is 16.8. The highest BCUT2D eigenvalue weighted by Gasteiger charge is 2.08. The number of phenolic OH excluding ortho intramolecular Hbond substituents is 2. The predicted molar refractivity (Wildman–Crippen MR) is 86.2 cm³/mol. The van der Waals surface area contributed by atoms with Crippen LogP contribution in [0.15, 0.2) is 42.5 Å². The lowest BCUT2D eigenvalue weighted by Crippen LogP contribution is -2.22. The van der Waals surface area contributed by atoms with E-state index >= 15 is 0 Å². The average molecular weight is 325 g/mol. The highest BCUT2D eigenvalue weighted by molar-refractivity contribution is 5.95. The molecule has 2 rings (SSSR count). The number of hydrogen-bond donors (Lipinski definition) is 4. The molecule has 0 heterocycles. The summed E-state index contributed by atoms with van der Waals surface area (Å²) in [5, 5.41) is 32.4. The van der Waals surface area contributed by atoms with Crippen molar-refractivity contribution in [3.63, 3.8) is 0 Å². The van der Waals surface area contributed by atoms with E-state index in [1.165, 1.54) is 12.1 Å². The van der Waals surface area contributed by atoms with E-state index in [0.717, 1.165) is 11.6 Å². The first-order valence-corrected chi connectivity index (χ1v) is 7.05. The van der Waals surface area contributed by atoms with Crippen LogP contribution in [0, 0.1) is 11.3 Å². The molecule has 0 unspecified atom stereocenters. The third-order valence-electron chi connectivity index (χ3n) is 3.10. The number of carbonyl (C=O) groups excluding carboxylic acids is 2. The second-order valence-electron chi connectivity index (χ2n) is 5.00. The Hall–Kier alpha value is -3.53.